The molecule has 304 valence electrons. The van der Waals surface area contributed by atoms with Crippen molar-refractivity contribution in [3.8, 4) is 33.4 Å². The molecule has 1 saturated carbocycles. The zero-order valence-electron chi connectivity index (χ0n) is 35.8. The van der Waals surface area contributed by atoms with Crippen molar-refractivity contribution in [1.82, 2.24) is 0 Å². The predicted molar refractivity (Wildman–Crippen MR) is 268 cm³/mol. The van der Waals surface area contributed by atoms with E-state index in [1.807, 2.05) is 0 Å². The summed E-state index contributed by atoms with van der Waals surface area (Å²) in [5.74, 6) is 0. The van der Waals surface area contributed by atoms with E-state index in [9.17, 15) is 0 Å². The Bertz CT molecular complexity index is 3390. The summed E-state index contributed by atoms with van der Waals surface area (Å²) in [5.41, 5.74) is 19.0. The Balaban J connectivity index is 1.07. The molecule has 0 aliphatic heterocycles. The summed E-state index contributed by atoms with van der Waals surface area (Å²) < 4.78 is 0. The predicted octanol–water partition coefficient (Wildman–Crippen LogP) is 16.7. The molecule has 1 heteroatoms. The second-order valence-corrected chi connectivity index (χ2v) is 18.3. The maximum atomic E-state index is 2.61. The average molecular weight is 818 g/mol. The van der Waals surface area contributed by atoms with Crippen molar-refractivity contribution in [1.29, 1.82) is 0 Å². The third-order valence-corrected chi connectivity index (χ3v) is 15.1. The van der Waals surface area contributed by atoms with Crippen LogP contribution in [0.4, 0.5) is 17.1 Å². The molecule has 0 atom stereocenters. The largest absolute Gasteiger partial charge is 0.310 e. The molecule has 3 aliphatic carbocycles. The quantitative estimate of drug-likeness (QED) is 0.151. The van der Waals surface area contributed by atoms with Crippen molar-refractivity contribution in [2.24, 2.45) is 0 Å². The molecule has 0 N–H and O–H groups in total. The normalized spacial score (nSPS) is 15.1. The number of rotatable bonds is 6. The Morgan fingerprint density at radius 1 is 0.344 bits per heavy atom. The Labute approximate surface area is 375 Å². The molecular weight excluding hydrogens is 771 g/mol. The van der Waals surface area contributed by atoms with Crippen LogP contribution in [-0.2, 0) is 10.8 Å². The monoisotopic (exact) mass is 817 g/mol. The molecule has 10 aromatic carbocycles. The van der Waals surface area contributed by atoms with Crippen LogP contribution in [0.15, 0.2) is 224 Å². The van der Waals surface area contributed by atoms with Gasteiger partial charge in [-0.25, -0.2) is 0 Å². The van der Waals surface area contributed by atoms with Crippen molar-refractivity contribution in [2.75, 3.05) is 4.90 Å². The zero-order valence-corrected chi connectivity index (χ0v) is 35.8. The summed E-state index contributed by atoms with van der Waals surface area (Å²) in [6.45, 7) is 0. The number of anilines is 3. The molecule has 10 aromatic rings. The number of nitrogens with zero attached hydrogens (tertiary/aromatic N) is 1. The first kappa shape index (κ1) is 37.1. The van der Waals surface area contributed by atoms with Crippen LogP contribution in [0.5, 0.6) is 0 Å². The van der Waals surface area contributed by atoms with Crippen LogP contribution in [0.1, 0.15) is 65.5 Å². The molecule has 0 aromatic heterocycles. The van der Waals surface area contributed by atoms with Crippen LogP contribution in [-0.4, -0.2) is 0 Å². The van der Waals surface area contributed by atoms with Crippen LogP contribution < -0.4 is 4.90 Å². The van der Waals surface area contributed by atoms with Gasteiger partial charge in [-0.05, 0) is 138 Å². The zero-order chi connectivity index (χ0) is 42.2. The molecule has 64 heavy (non-hydrogen) atoms. The van der Waals surface area contributed by atoms with E-state index in [-0.39, 0.29) is 5.41 Å². The van der Waals surface area contributed by atoms with Gasteiger partial charge in [0.1, 0.15) is 0 Å². The molecule has 1 fully saturated rings. The van der Waals surface area contributed by atoms with E-state index in [0.717, 1.165) is 18.5 Å². The SMILES string of the molecule is c1ccc(C2(c3ccccc3)c3ccccc3-c3ccc(N(c4cccc(-c5ccc6c(ccc7ccccc76)c5)c4)c4cccc5c4C4(CCCCC4)c4ccccc4-5)cc32)cc1. The van der Waals surface area contributed by atoms with Gasteiger partial charge in [0.2, 0.25) is 0 Å². The molecular formula is C63H47N. The average Bonchev–Trinajstić information content (AvgIpc) is 3.82. The van der Waals surface area contributed by atoms with E-state index in [1.54, 1.807) is 0 Å². The number of fused-ring (bicyclic) bond motifs is 11. The van der Waals surface area contributed by atoms with Crippen LogP contribution in [0, 0.1) is 0 Å². The van der Waals surface area contributed by atoms with Crippen LogP contribution in [0.25, 0.3) is 54.9 Å². The Hall–Kier alpha value is -7.48. The maximum absolute atomic E-state index is 2.61. The highest BCUT2D eigenvalue weighted by molar-refractivity contribution is 6.08. The highest BCUT2D eigenvalue weighted by atomic mass is 15.1. The Kier molecular flexibility index (Phi) is 8.43. The van der Waals surface area contributed by atoms with E-state index in [4.69, 9.17) is 0 Å². The highest BCUT2D eigenvalue weighted by Crippen LogP contribution is 2.61. The van der Waals surface area contributed by atoms with Gasteiger partial charge in [-0.1, -0.05) is 207 Å². The first-order valence-electron chi connectivity index (χ1n) is 23.1. The third-order valence-electron chi connectivity index (χ3n) is 15.1. The lowest BCUT2D eigenvalue weighted by molar-refractivity contribution is 0.353. The van der Waals surface area contributed by atoms with Gasteiger partial charge >= 0.3 is 0 Å². The van der Waals surface area contributed by atoms with Crippen LogP contribution in [0.3, 0.4) is 0 Å². The minimum atomic E-state index is -0.507. The Morgan fingerprint density at radius 2 is 0.938 bits per heavy atom. The van der Waals surface area contributed by atoms with Gasteiger partial charge in [-0.3, -0.25) is 0 Å². The number of benzene rings is 10. The smallest absolute Gasteiger partial charge is 0.0714 e. The van der Waals surface area contributed by atoms with Crippen LogP contribution in [0.2, 0.25) is 0 Å². The molecule has 0 unspecified atom stereocenters. The van der Waals surface area contributed by atoms with Gasteiger partial charge in [0.05, 0.1) is 11.1 Å². The van der Waals surface area contributed by atoms with E-state index in [2.05, 4.69) is 229 Å². The molecule has 0 radical (unpaired) electrons. The van der Waals surface area contributed by atoms with Crippen molar-refractivity contribution in [2.45, 2.75) is 42.9 Å². The van der Waals surface area contributed by atoms with E-state index in [0.29, 0.717) is 0 Å². The molecule has 1 spiro atoms. The molecule has 3 aliphatic rings. The molecule has 0 amide bonds. The maximum Gasteiger partial charge on any atom is 0.0714 e. The molecule has 13 rings (SSSR count). The minimum absolute atomic E-state index is 0.0391. The standard InChI is InChI=1S/C63H47N/c1-4-20-47(21-5-1)63(48-22-6-2-7-23-48)58-30-13-11-26-53(58)55-37-35-50(42-59(55)63)64(60-31-17-28-56-54-27-10-12-29-57(54)62(61(56)60)38-14-3-15-39-62)49-24-16-19-44(41-49)45-34-36-52-46(40-45)33-32-43-18-8-9-25-51(43)52/h1-2,4-13,16-37,40-42H,3,14-15,38-39H2. The second kappa shape index (κ2) is 14.5. The van der Waals surface area contributed by atoms with Crippen molar-refractivity contribution in [3.63, 3.8) is 0 Å². The van der Waals surface area contributed by atoms with Gasteiger partial charge in [-0.2, -0.15) is 0 Å². The summed E-state index contributed by atoms with van der Waals surface area (Å²) in [6.07, 6.45) is 6.10. The summed E-state index contributed by atoms with van der Waals surface area (Å²) >= 11 is 0. The van der Waals surface area contributed by atoms with Crippen LogP contribution >= 0.6 is 0 Å². The summed E-state index contributed by atoms with van der Waals surface area (Å²) in [7, 11) is 0. The van der Waals surface area contributed by atoms with Gasteiger partial charge in [0.25, 0.3) is 0 Å². The molecule has 0 heterocycles. The number of hydrogen-bond donors (Lipinski definition) is 0. The van der Waals surface area contributed by atoms with Gasteiger partial charge in [-0.15, -0.1) is 0 Å². The third kappa shape index (κ3) is 5.37. The number of hydrogen-bond acceptors (Lipinski definition) is 1. The Morgan fingerprint density at radius 3 is 1.73 bits per heavy atom. The highest BCUT2D eigenvalue weighted by Gasteiger charge is 2.48. The first-order valence-corrected chi connectivity index (χ1v) is 23.1. The lowest BCUT2D eigenvalue weighted by Gasteiger charge is -2.39. The van der Waals surface area contributed by atoms with Gasteiger partial charge in [0.15, 0.2) is 0 Å². The second-order valence-electron chi connectivity index (χ2n) is 18.3. The summed E-state index contributed by atoms with van der Waals surface area (Å²) in [6, 6.07) is 84.8. The van der Waals surface area contributed by atoms with E-state index in [1.165, 1.54) is 119 Å². The fraction of sp³-hybridized carbons (Fsp3) is 0.111. The fourth-order valence-electron chi connectivity index (χ4n) is 12.4. The van der Waals surface area contributed by atoms with Gasteiger partial charge in [0, 0.05) is 16.8 Å². The molecule has 0 saturated heterocycles. The molecule has 1 nitrogen and oxygen atoms in total. The van der Waals surface area contributed by atoms with E-state index >= 15 is 0 Å². The topological polar surface area (TPSA) is 3.24 Å². The lowest BCUT2D eigenvalue weighted by Crippen LogP contribution is -2.30. The van der Waals surface area contributed by atoms with Crippen molar-refractivity contribution < 1.29 is 0 Å². The molecule has 0 bridgehead atoms. The fourth-order valence-corrected chi connectivity index (χ4v) is 12.4. The van der Waals surface area contributed by atoms with Gasteiger partial charge < -0.3 is 4.90 Å². The van der Waals surface area contributed by atoms with E-state index < -0.39 is 5.41 Å². The van der Waals surface area contributed by atoms with Crippen molar-refractivity contribution in [3.05, 3.63) is 258 Å². The van der Waals surface area contributed by atoms with Crippen molar-refractivity contribution >= 4 is 38.6 Å². The minimum Gasteiger partial charge on any atom is -0.310 e. The lowest BCUT2D eigenvalue weighted by atomic mass is 9.67. The summed E-state index contributed by atoms with van der Waals surface area (Å²) in [5, 5.41) is 5.11. The summed E-state index contributed by atoms with van der Waals surface area (Å²) in [4.78, 5) is 2.61. The first-order chi connectivity index (χ1) is 31.7.